The van der Waals surface area contributed by atoms with E-state index < -0.39 is 6.10 Å². The largest absolute Gasteiger partial charge is 0.387 e. The molecule has 3 rings (SSSR count). The smallest absolute Gasteiger partial charge is 0.0915 e. The molecule has 2 atom stereocenters. The molecule has 2 N–H and O–H groups in total. The first-order valence-corrected chi connectivity index (χ1v) is 7.54. The molecule has 0 saturated heterocycles. The fourth-order valence-corrected chi connectivity index (χ4v) is 2.59. The second-order valence-corrected chi connectivity index (χ2v) is 5.53. The van der Waals surface area contributed by atoms with Crippen LogP contribution in [-0.2, 0) is 0 Å². The van der Waals surface area contributed by atoms with Crippen molar-refractivity contribution in [1.82, 2.24) is 10.3 Å². The van der Waals surface area contributed by atoms with Crippen molar-refractivity contribution in [3.05, 3.63) is 78.1 Å². The van der Waals surface area contributed by atoms with Crippen molar-refractivity contribution in [3.63, 3.8) is 0 Å². The zero-order valence-corrected chi connectivity index (χ0v) is 12.6. The quantitative estimate of drug-likeness (QED) is 0.755. The van der Waals surface area contributed by atoms with E-state index >= 15 is 0 Å². The topological polar surface area (TPSA) is 45.1 Å². The van der Waals surface area contributed by atoms with Crippen LogP contribution in [0.3, 0.4) is 0 Å². The Bertz CT molecular complexity index is 743. The van der Waals surface area contributed by atoms with Gasteiger partial charge < -0.3 is 10.4 Å². The van der Waals surface area contributed by atoms with Gasteiger partial charge in [-0.05, 0) is 47.0 Å². The molecule has 0 aliphatic carbocycles. The highest BCUT2D eigenvalue weighted by molar-refractivity contribution is 5.83. The summed E-state index contributed by atoms with van der Waals surface area (Å²) in [5.41, 5.74) is 2.11. The summed E-state index contributed by atoms with van der Waals surface area (Å²) in [5.74, 6) is 0. The molecule has 2 aromatic carbocycles. The molecule has 112 valence electrons. The molecule has 0 aliphatic rings. The van der Waals surface area contributed by atoms with Crippen LogP contribution >= 0.6 is 0 Å². The van der Waals surface area contributed by atoms with Crippen LogP contribution in [-0.4, -0.2) is 16.6 Å². The summed E-state index contributed by atoms with van der Waals surface area (Å²) in [5, 5.41) is 16.1. The average molecular weight is 292 g/mol. The first kappa shape index (κ1) is 14.7. The Labute approximate surface area is 130 Å². The van der Waals surface area contributed by atoms with Crippen molar-refractivity contribution >= 4 is 10.8 Å². The van der Waals surface area contributed by atoms with Crippen molar-refractivity contribution in [2.24, 2.45) is 0 Å². The maximum atomic E-state index is 10.2. The number of nitrogens with one attached hydrogen (secondary N) is 1. The molecule has 0 aliphatic heterocycles. The molecule has 0 saturated carbocycles. The lowest BCUT2D eigenvalue weighted by atomic mass is 10.0. The Kier molecular flexibility index (Phi) is 4.47. The van der Waals surface area contributed by atoms with Crippen molar-refractivity contribution in [1.29, 1.82) is 0 Å². The number of aliphatic hydroxyl groups excluding tert-OH is 1. The predicted molar refractivity (Wildman–Crippen MR) is 89.6 cm³/mol. The van der Waals surface area contributed by atoms with Gasteiger partial charge in [-0.3, -0.25) is 4.98 Å². The van der Waals surface area contributed by atoms with Gasteiger partial charge in [-0.25, -0.2) is 0 Å². The first-order chi connectivity index (χ1) is 10.7. The van der Waals surface area contributed by atoms with E-state index in [2.05, 4.69) is 59.7 Å². The summed E-state index contributed by atoms with van der Waals surface area (Å²) < 4.78 is 0. The third kappa shape index (κ3) is 3.32. The molecule has 1 heterocycles. The number of nitrogens with zero attached hydrogens (tertiary/aromatic N) is 1. The average Bonchev–Trinajstić information content (AvgIpc) is 2.59. The number of pyridine rings is 1. The Morgan fingerprint density at radius 3 is 2.45 bits per heavy atom. The molecule has 2 unspecified atom stereocenters. The lowest BCUT2D eigenvalue weighted by Gasteiger charge is -2.18. The fourth-order valence-electron chi connectivity index (χ4n) is 2.59. The summed E-state index contributed by atoms with van der Waals surface area (Å²) >= 11 is 0. The van der Waals surface area contributed by atoms with E-state index in [1.54, 1.807) is 12.4 Å². The Balaban J connectivity index is 1.67. The molecule has 0 fully saturated rings. The van der Waals surface area contributed by atoms with E-state index in [4.69, 9.17) is 0 Å². The van der Waals surface area contributed by atoms with Crippen LogP contribution in [0.15, 0.2) is 67.0 Å². The van der Waals surface area contributed by atoms with Gasteiger partial charge in [0, 0.05) is 25.0 Å². The second-order valence-electron chi connectivity index (χ2n) is 5.53. The molecule has 22 heavy (non-hydrogen) atoms. The van der Waals surface area contributed by atoms with Gasteiger partial charge in [0.1, 0.15) is 0 Å². The standard InChI is InChI=1S/C19H20N2O/c1-14(21-13-19(22)16-8-10-20-11-9-16)17-7-6-15-4-2-3-5-18(15)12-17/h2-12,14,19,21-22H,13H2,1H3. The summed E-state index contributed by atoms with van der Waals surface area (Å²) in [4.78, 5) is 3.97. The lowest BCUT2D eigenvalue weighted by molar-refractivity contribution is 0.170. The summed E-state index contributed by atoms with van der Waals surface area (Å²) in [6, 6.07) is 18.7. The number of aromatic nitrogens is 1. The number of benzene rings is 2. The number of aliphatic hydroxyl groups is 1. The summed E-state index contributed by atoms with van der Waals surface area (Å²) in [6.07, 6.45) is 2.88. The van der Waals surface area contributed by atoms with Crippen LogP contribution < -0.4 is 5.32 Å². The third-order valence-electron chi connectivity index (χ3n) is 3.98. The number of hydrogen-bond acceptors (Lipinski definition) is 3. The highest BCUT2D eigenvalue weighted by atomic mass is 16.3. The van der Waals surface area contributed by atoms with Crippen LogP contribution in [0.2, 0.25) is 0 Å². The van der Waals surface area contributed by atoms with Crippen molar-refractivity contribution in [3.8, 4) is 0 Å². The highest BCUT2D eigenvalue weighted by Crippen LogP contribution is 2.21. The van der Waals surface area contributed by atoms with Crippen LogP contribution in [0.5, 0.6) is 0 Å². The molecule has 0 spiro atoms. The number of hydrogen-bond donors (Lipinski definition) is 2. The lowest BCUT2D eigenvalue weighted by Crippen LogP contribution is -2.24. The molecule has 0 radical (unpaired) electrons. The van der Waals surface area contributed by atoms with Gasteiger partial charge in [0.15, 0.2) is 0 Å². The van der Waals surface area contributed by atoms with Crippen LogP contribution in [0, 0.1) is 0 Å². The highest BCUT2D eigenvalue weighted by Gasteiger charge is 2.10. The van der Waals surface area contributed by atoms with E-state index in [0.29, 0.717) is 6.54 Å². The zero-order valence-electron chi connectivity index (χ0n) is 12.6. The number of rotatable bonds is 5. The fraction of sp³-hybridized carbons (Fsp3) is 0.211. The molecular weight excluding hydrogens is 272 g/mol. The molecule has 0 amide bonds. The van der Waals surface area contributed by atoms with E-state index in [-0.39, 0.29) is 6.04 Å². The molecule has 1 aromatic heterocycles. The first-order valence-electron chi connectivity index (χ1n) is 7.54. The minimum Gasteiger partial charge on any atom is -0.387 e. The van der Waals surface area contributed by atoms with E-state index in [1.165, 1.54) is 16.3 Å². The summed E-state index contributed by atoms with van der Waals surface area (Å²) in [7, 11) is 0. The normalized spacial score (nSPS) is 13.9. The van der Waals surface area contributed by atoms with Crippen molar-refractivity contribution in [2.75, 3.05) is 6.54 Å². The molecule has 3 nitrogen and oxygen atoms in total. The van der Waals surface area contributed by atoms with Gasteiger partial charge in [-0.15, -0.1) is 0 Å². The Morgan fingerprint density at radius 2 is 1.68 bits per heavy atom. The minimum absolute atomic E-state index is 0.182. The number of fused-ring (bicyclic) bond motifs is 1. The van der Waals surface area contributed by atoms with Gasteiger partial charge in [0.25, 0.3) is 0 Å². The van der Waals surface area contributed by atoms with Gasteiger partial charge in [0.2, 0.25) is 0 Å². The monoisotopic (exact) mass is 292 g/mol. The van der Waals surface area contributed by atoms with Gasteiger partial charge in [-0.2, -0.15) is 0 Å². The van der Waals surface area contributed by atoms with Gasteiger partial charge in [0.05, 0.1) is 6.10 Å². The van der Waals surface area contributed by atoms with Gasteiger partial charge in [-0.1, -0.05) is 36.4 Å². The molecule has 3 aromatic rings. The van der Waals surface area contributed by atoms with Crippen LogP contribution in [0.4, 0.5) is 0 Å². The molecular formula is C19H20N2O. The maximum absolute atomic E-state index is 10.2. The second kappa shape index (κ2) is 6.69. The van der Waals surface area contributed by atoms with Crippen molar-refractivity contribution < 1.29 is 5.11 Å². The van der Waals surface area contributed by atoms with Crippen LogP contribution in [0.25, 0.3) is 10.8 Å². The third-order valence-corrected chi connectivity index (χ3v) is 3.98. The van der Waals surface area contributed by atoms with E-state index in [1.807, 2.05) is 12.1 Å². The maximum Gasteiger partial charge on any atom is 0.0915 e. The molecule has 0 bridgehead atoms. The SMILES string of the molecule is CC(NCC(O)c1ccncc1)c1ccc2ccccc2c1. The van der Waals surface area contributed by atoms with Crippen molar-refractivity contribution in [2.45, 2.75) is 19.1 Å². The zero-order chi connectivity index (χ0) is 15.4. The van der Waals surface area contributed by atoms with E-state index in [0.717, 1.165) is 5.56 Å². The molecule has 3 heteroatoms. The van der Waals surface area contributed by atoms with E-state index in [9.17, 15) is 5.11 Å². The summed E-state index contributed by atoms with van der Waals surface area (Å²) in [6.45, 7) is 2.63. The Hall–Kier alpha value is -2.23. The van der Waals surface area contributed by atoms with Crippen LogP contribution in [0.1, 0.15) is 30.2 Å². The Morgan fingerprint density at radius 1 is 0.955 bits per heavy atom. The van der Waals surface area contributed by atoms with Gasteiger partial charge >= 0.3 is 0 Å². The minimum atomic E-state index is -0.522. The predicted octanol–water partition coefficient (Wildman–Crippen LogP) is 3.62.